The van der Waals surface area contributed by atoms with Crippen molar-refractivity contribution in [2.45, 2.75) is 6.92 Å². The van der Waals surface area contributed by atoms with Crippen molar-refractivity contribution in [3.63, 3.8) is 0 Å². The summed E-state index contributed by atoms with van der Waals surface area (Å²) in [4.78, 5) is 12.7. The summed E-state index contributed by atoms with van der Waals surface area (Å²) >= 11 is 3.35. The van der Waals surface area contributed by atoms with E-state index in [0.29, 0.717) is 39.6 Å². The van der Waals surface area contributed by atoms with Gasteiger partial charge in [-0.15, -0.1) is 0 Å². The van der Waals surface area contributed by atoms with Gasteiger partial charge in [0.25, 0.3) is 0 Å². The van der Waals surface area contributed by atoms with E-state index in [2.05, 4.69) is 15.9 Å². The smallest absolute Gasteiger partial charge is 0.200 e. The number of halogens is 1. The first-order valence-corrected chi connectivity index (χ1v) is 8.45. The number of carbonyl (C=O) groups is 1. The van der Waals surface area contributed by atoms with Crippen LogP contribution in [0, 0.1) is 0 Å². The second-order valence-corrected chi connectivity index (χ2v) is 5.97. The van der Waals surface area contributed by atoms with Crippen molar-refractivity contribution < 1.29 is 19.0 Å². The molecule has 0 heterocycles. The number of rotatable bonds is 7. The van der Waals surface area contributed by atoms with Gasteiger partial charge in [-0.25, -0.2) is 0 Å². The summed E-state index contributed by atoms with van der Waals surface area (Å²) in [6.07, 6.45) is 1.69. The largest absolute Gasteiger partial charge is 0.497 e. The van der Waals surface area contributed by atoms with Crippen LogP contribution in [0.15, 0.2) is 40.9 Å². The van der Waals surface area contributed by atoms with Crippen molar-refractivity contribution >= 4 is 33.5 Å². The molecule has 0 amide bonds. The maximum Gasteiger partial charge on any atom is 0.200 e. The summed E-state index contributed by atoms with van der Waals surface area (Å²) in [6, 6.07) is 10.3. The van der Waals surface area contributed by atoms with E-state index in [-0.39, 0.29) is 5.78 Å². The van der Waals surface area contributed by atoms with Crippen molar-refractivity contribution in [1.29, 1.82) is 0 Å². The fourth-order valence-electron chi connectivity index (χ4n) is 2.25. The number of nitrogens with two attached hydrogens (primary N) is 1. The van der Waals surface area contributed by atoms with Gasteiger partial charge in [0.15, 0.2) is 5.78 Å². The minimum Gasteiger partial charge on any atom is -0.497 e. The van der Waals surface area contributed by atoms with E-state index in [1.54, 1.807) is 56.7 Å². The Labute approximate surface area is 155 Å². The molecule has 132 valence electrons. The van der Waals surface area contributed by atoms with Crippen LogP contribution in [0.5, 0.6) is 17.2 Å². The van der Waals surface area contributed by atoms with Gasteiger partial charge in [-0.1, -0.05) is 0 Å². The van der Waals surface area contributed by atoms with Gasteiger partial charge in [0.2, 0.25) is 0 Å². The zero-order valence-electron chi connectivity index (χ0n) is 14.3. The Morgan fingerprint density at radius 3 is 2.52 bits per heavy atom. The fourth-order valence-corrected chi connectivity index (χ4v) is 2.72. The summed E-state index contributed by atoms with van der Waals surface area (Å²) in [7, 11) is 3.16. The van der Waals surface area contributed by atoms with E-state index < -0.39 is 0 Å². The average molecular weight is 406 g/mol. The third-order valence-electron chi connectivity index (χ3n) is 3.51. The second-order valence-electron chi connectivity index (χ2n) is 5.11. The molecule has 0 aliphatic carbocycles. The molecule has 2 aromatic rings. The lowest BCUT2D eigenvalue weighted by Crippen LogP contribution is -2.03. The van der Waals surface area contributed by atoms with Crippen LogP contribution < -0.4 is 19.9 Å². The highest BCUT2D eigenvalue weighted by atomic mass is 79.9. The lowest BCUT2D eigenvalue weighted by molar-refractivity contribution is 0.104. The van der Waals surface area contributed by atoms with Gasteiger partial charge in [-0.3, -0.25) is 4.79 Å². The number of allylic oxidation sites excluding steroid dienone is 1. The van der Waals surface area contributed by atoms with Crippen molar-refractivity contribution in [2.75, 3.05) is 26.6 Å². The molecule has 0 radical (unpaired) electrons. The highest BCUT2D eigenvalue weighted by Crippen LogP contribution is 2.30. The molecule has 25 heavy (non-hydrogen) atoms. The second kappa shape index (κ2) is 8.58. The maximum absolute atomic E-state index is 12.7. The van der Waals surface area contributed by atoms with Crippen LogP contribution in [0.2, 0.25) is 0 Å². The van der Waals surface area contributed by atoms with E-state index in [1.165, 1.54) is 0 Å². The first-order chi connectivity index (χ1) is 12.0. The third-order valence-corrected chi connectivity index (χ3v) is 4.10. The van der Waals surface area contributed by atoms with Crippen molar-refractivity contribution in [2.24, 2.45) is 0 Å². The highest BCUT2D eigenvalue weighted by molar-refractivity contribution is 9.12. The van der Waals surface area contributed by atoms with Crippen LogP contribution in [0.1, 0.15) is 22.8 Å². The fraction of sp³-hybridized carbons (Fsp3) is 0.211. The van der Waals surface area contributed by atoms with Gasteiger partial charge in [0.1, 0.15) is 17.2 Å². The molecule has 0 aromatic heterocycles. The molecule has 0 aliphatic heterocycles. The van der Waals surface area contributed by atoms with E-state index in [4.69, 9.17) is 19.9 Å². The van der Waals surface area contributed by atoms with Gasteiger partial charge in [-0.2, -0.15) is 0 Å². The monoisotopic (exact) mass is 405 g/mol. The van der Waals surface area contributed by atoms with Crippen LogP contribution in [-0.2, 0) is 0 Å². The molecule has 0 saturated carbocycles. The molecule has 5 nitrogen and oxygen atoms in total. The molecule has 0 saturated heterocycles. The molecule has 2 N–H and O–H groups in total. The molecule has 0 aliphatic rings. The zero-order valence-corrected chi connectivity index (χ0v) is 15.9. The standard InChI is InChI=1S/C19H20BrNO4/c1-4-25-18-11-12(5-7-16(18)21)19(22)15(20)10-13-9-14(23-2)6-8-17(13)24-3/h5-11H,4,21H2,1-3H3/b15-10+. The first kappa shape index (κ1) is 18.9. The van der Waals surface area contributed by atoms with E-state index >= 15 is 0 Å². The number of hydrogen-bond acceptors (Lipinski definition) is 5. The number of hydrogen-bond donors (Lipinski definition) is 1. The predicted octanol–water partition coefficient (Wildman–Crippen LogP) is 4.30. The molecule has 0 unspecified atom stereocenters. The molecule has 0 fully saturated rings. The van der Waals surface area contributed by atoms with Gasteiger partial charge in [0, 0.05) is 11.1 Å². The number of carbonyl (C=O) groups excluding carboxylic acids is 1. The maximum atomic E-state index is 12.7. The molecular formula is C19H20BrNO4. The summed E-state index contributed by atoms with van der Waals surface area (Å²) in [5.74, 6) is 1.61. The SMILES string of the molecule is CCOc1cc(C(=O)/C(Br)=C\c2cc(OC)ccc2OC)ccc1N. The molecule has 0 atom stereocenters. The summed E-state index contributed by atoms with van der Waals surface area (Å²) in [5.41, 5.74) is 7.54. The molecule has 0 spiro atoms. The number of anilines is 1. The van der Waals surface area contributed by atoms with E-state index in [1.807, 2.05) is 6.92 Å². The van der Waals surface area contributed by atoms with Gasteiger partial charge in [0.05, 0.1) is 31.0 Å². The van der Waals surface area contributed by atoms with Crippen molar-refractivity contribution in [3.05, 3.63) is 52.0 Å². The Morgan fingerprint density at radius 2 is 1.88 bits per heavy atom. The van der Waals surface area contributed by atoms with Gasteiger partial charge in [-0.05, 0) is 65.3 Å². The Morgan fingerprint density at radius 1 is 1.12 bits per heavy atom. The van der Waals surface area contributed by atoms with Gasteiger partial charge >= 0.3 is 0 Å². The minimum atomic E-state index is -0.189. The molecule has 6 heteroatoms. The molecule has 0 bridgehead atoms. The highest BCUT2D eigenvalue weighted by Gasteiger charge is 2.14. The van der Waals surface area contributed by atoms with Gasteiger partial charge < -0.3 is 19.9 Å². The number of nitrogen functional groups attached to an aromatic ring is 1. The zero-order chi connectivity index (χ0) is 18.4. The number of ether oxygens (including phenoxy) is 3. The van der Waals surface area contributed by atoms with E-state index in [0.717, 1.165) is 5.56 Å². The lowest BCUT2D eigenvalue weighted by Gasteiger charge is -2.10. The quantitative estimate of drug-likeness (QED) is 0.422. The normalized spacial score (nSPS) is 11.1. The molecule has 2 rings (SSSR count). The predicted molar refractivity (Wildman–Crippen MR) is 103 cm³/mol. The number of ketones is 1. The Kier molecular flexibility index (Phi) is 6.47. The Bertz CT molecular complexity index is 802. The van der Waals surface area contributed by atoms with Crippen LogP contribution in [0.25, 0.3) is 6.08 Å². The minimum absolute atomic E-state index is 0.189. The summed E-state index contributed by atoms with van der Waals surface area (Å²) in [6.45, 7) is 2.33. The van der Waals surface area contributed by atoms with Crippen LogP contribution >= 0.6 is 15.9 Å². The average Bonchev–Trinajstić information content (AvgIpc) is 2.63. The Hall–Kier alpha value is -2.47. The topological polar surface area (TPSA) is 70.8 Å². The lowest BCUT2D eigenvalue weighted by atomic mass is 10.1. The molecule has 2 aromatic carbocycles. The third kappa shape index (κ3) is 4.54. The van der Waals surface area contributed by atoms with Crippen LogP contribution in [0.4, 0.5) is 5.69 Å². The van der Waals surface area contributed by atoms with Crippen molar-refractivity contribution in [1.82, 2.24) is 0 Å². The number of methoxy groups -OCH3 is 2. The number of Topliss-reactive ketones (excluding diaryl/α,β-unsaturated/α-hetero) is 1. The van der Waals surface area contributed by atoms with Crippen LogP contribution in [0.3, 0.4) is 0 Å². The van der Waals surface area contributed by atoms with E-state index in [9.17, 15) is 4.79 Å². The first-order valence-electron chi connectivity index (χ1n) is 7.66. The number of benzene rings is 2. The Balaban J connectivity index is 2.37. The summed E-state index contributed by atoms with van der Waals surface area (Å²) in [5, 5.41) is 0. The molecular weight excluding hydrogens is 386 g/mol. The van der Waals surface area contributed by atoms with Crippen LogP contribution in [-0.4, -0.2) is 26.6 Å². The van der Waals surface area contributed by atoms with Crippen molar-refractivity contribution in [3.8, 4) is 17.2 Å². The summed E-state index contributed by atoms with van der Waals surface area (Å²) < 4.78 is 16.4.